The summed E-state index contributed by atoms with van der Waals surface area (Å²) < 4.78 is 57.8. The van der Waals surface area contributed by atoms with E-state index in [1.54, 1.807) is 36.4 Å². The van der Waals surface area contributed by atoms with Gasteiger partial charge in [-0.2, -0.15) is 29.9 Å². The third kappa shape index (κ3) is 13.8. The number of benzene rings is 4. The molecule has 2 atom stereocenters. The summed E-state index contributed by atoms with van der Waals surface area (Å²) >= 11 is -5.86. The largest absolute Gasteiger partial charge is 1.00 e. The number of hydrogen-bond acceptors (Lipinski definition) is 20. The molecule has 2 aromatic heterocycles. The molecule has 20 nitrogen and oxygen atoms in total. The molecular formula is C40H40N14Na2O6S2. The Balaban J connectivity index is 0.00000340. The maximum absolute atomic E-state index is 11.9. The Morgan fingerprint density at radius 3 is 1.19 bits per heavy atom. The number of piperazine rings is 2. The monoisotopic (exact) mass is 922 g/mol. The molecule has 6 N–H and O–H groups in total. The van der Waals surface area contributed by atoms with E-state index in [2.05, 4.69) is 61.8 Å². The molecule has 320 valence electrons. The summed E-state index contributed by atoms with van der Waals surface area (Å²) in [6.07, 6.45) is 3.13. The first-order valence-electron chi connectivity index (χ1n) is 19.4. The van der Waals surface area contributed by atoms with Crippen LogP contribution >= 0.6 is 0 Å². The summed E-state index contributed by atoms with van der Waals surface area (Å²) in [6.45, 7) is 5.88. The van der Waals surface area contributed by atoms with Gasteiger partial charge in [0, 0.05) is 98.4 Å². The summed E-state index contributed by atoms with van der Waals surface area (Å²) in [5.74, 6) is 1.94. The number of para-hydroxylation sites is 2. The van der Waals surface area contributed by atoms with Crippen molar-refractivity contribution in [1.29, 1.82) is 0 Å². The van der Waals surface area contributed by atoms with Crippen LogP contribution in [-0.4, -0.2) is 99.8 Å². The molecule has 0 radical (unpaired) electrons. The predicted octanol–water partition coefficient (Wildman–Crippen LogP) is -1.63. The summed E-state index contributed by atoms with van der Waals surface area (Å²) in [7, 11) is 0. The summed E-state index contributed by atoms with van der Waals surface area (Å²) in [6, 6.07) is 28.6. The molecule has 2 saturated heterocycles. The zero-order valence-corrected chi connectivity index (χ0v) is 40.5. The quantitative estimate of drug-likeness (QED) is 0.0362. The molecule has 2 aliphatic heterocycles. The molecule has 0 saturated carbocycles. The Hall–Kier alpha value is -4.82. The van der Waals surface area contributed by atoms with Crippen molar-refractivity contribution in [2.45, 2.75) is 0 Å². The fourth-order valence-corrected chi connectivity index (χ4v) is 7.08. The number of anilines is 10. The summed E-state index contributed by atoms with van der Waals surface area (Å²) in [5.41, 5.74) is 3.12. The van der Waals surface area contributed by atoms with E-state index in [0.29, 0.717) is 72.5 Å². The van der Waals surface area contributed by atoms with Gasteiger partial charge in [-0.25, -0.2) is 8.42 Å². The van der Waals surface area contributed by atoms with Crippen molar-refractivity contribution in [3.63, 3.8) is 0 Å². The van der Waals surface area contributed by atoms with Gasteiger partial charge >= 0.3 is 59.1 Å². The van der Waals surface area contributed by atoms with Crippen LogP contribution < -0.4 is 109 Å². The average molecular weight is 923 g/mol. The number of rotatable bonds is 16. The molecule has 4 heterocycles. The number of nitrogens with one attached hydrogen (secondary N) is 6. The zero-order valence-electron chi connectivity index (χ0n) is 34.9. The fourth-order valence-electron chi connectivity index (χ4n) is 6.50. The van der Waals surface area contributed by atoms with E-state index in [9.17, 15) is 17.5 Å². The molecule has 0 aliphatic carbocycles. The Labute approximate surface area is 418 Å². The topological polar surface area (TPSA) is 255 Å². The molecule has 2 unspecified atom stereocenters. The number of nitrogens with zero attached hydrogens (tertiary/aromatic N) is 8. The molecule has 0 amide bonds. The minimum atomic E-state index is -2.93. The molecule has 8 rings (SSSR count). The van der Waals surface area contributed by atoms with E-state index in [0.717, 1.165) is 37.6 Å². The van der Waals surface area contributed by atoms with Crippen LogP contribution in [0.25, 0.3) is 12.2 Å². The van der Waals surface area contributed by atoms with Crippen LogP contribution in [0.4, 0.5) is 58.4 Å². The van der Waals surface area contributed by atoms with Crippen molar-refractivity contribution >= 4 is 93.3 Å². The van der Waals surface area contributed by atoms with Gasteiger partial charge in [-0.1, -0.05) is 48.6 Å². The van der Waals surface area contributed by atoms with Crippen LogP contribution in [0, 0.1) is 0 Å². The molecule has 0 spiro atoms. The van der Waals surface area contributed by atoms with Gasteiger partial charge in [0.15, 0.2) is 0 Å². The van der Waals surface area contributed by atoms with Crippen LogP contribution in [0.15, 0.2) is 97.1 Å². The number of aromatic nitrogens is 6. The Bertz CT molecular complexity index is 2390. The molecule has 24 heteroatoms. The van der Waals surface area contributed by atoms with Gasteiger partial charge in [0.05, 0.1) is 0 Å². The van der Waals surface area contributed by atoms with Crippen LogP contribution in [0.5, 0.6) is 11.5 Å². The van der Waals surface area contributed by atoms with Crippen LogP contribution in [0.3, 0.4) is 0 Å². The first kappa shape index (κ1) is 48.6. The Morgan fingerprint density at radius 1 is 0.500 bits per heavy atom. The van der Waals surface area contributed by atoms with Crippen LogP contribution in [0.2, 0.25) is 0 Å². The first-order chi connectivity index (χ1) is 30.3. The molecule has 64 heavy (non-hydrogen) atoms. The molecule has 6 aromatic rings. The average Bonchev–Trinajstić information content (AvgIpc) is 3.27. The van der Waals surface area contributed by atoms with Gasteiger partial charge < -0.3 is 59.2 Å². The normalized spacial score (nSPS) is 14.7. The minimum Gasteiger partial charge on any atom is -0.740 e. The van der Waals surface area contributed by atoms with Crippen molar-refractivity contribution in [3.8, 4) is 11.5 Å². The van der Waals surface area contributed by atoms with Gasteiger partial charge in [0.2, 0.25) is 35.7 Å². The van der Waals surface area contributed by atoms with Crippen molar-refractivity contribution in [1.82, 2.24) is 40.5 Å². The van der Waals surface area contributed by atoms with Gasteiger partial charge in [0.1, 0.15) is 34.2 Å². The van der Waals surface area contributed by atoms with Gasteiger partial charge in [-0.05, 0) is 48.5 Å². The van der Waals surface area contributed by atoms with Gasteiger partial charge in [-0.3, -0.25) is 0 Å². The Kier molecular flexibility index (Phi) is 18.2. The van der Waals surface area contributed by atoms with E-state index in [4.69, 9.17) is 8.37 Å². The molecule has 2 aliphatic rings. The molecule has 4 aromatic carbocycles. The zero-order chi connectivity index (χ0) is 42.7. The van der Waals surface area contributed by atoms with E-state index < -0.39 is 22.7 Å². The third-order valence-corrected chi connectivity index (χ3v) is 10.0. The van der Waals surface area contributed by atoms with Crippen LogP contribution in [0.1, 0.15) is 11.1 Å². The smallest absolute Gasteiger partial charge is 0.740 e. The maximum Gasteiger partial charge on any atom is 1.00 e. The molecular weight excluding hydrogens is 883 g/mol. The van der Waals surface area contributed by atoms with Crippen molar-refractivity contribution in [2.75, 3.05) is 83.4 Å². The summed E-state index contributed by atoms with van der Waals surface area (Å²) in [5, 5.41) is 19.4. The predicted molar refractivity (Wildman–Crippen MR) is 237 cm³/mol. The second-order valence-corrected chi connectivity index (χ2v) is 14.8. The SMILES string of the molecule is O=S([O-])Oc1cc(Nc2nc(Nc3ccccc3)nc(N3CCNCC3)n2)ccc1/C=C/c1ccc(Nc2nc(Nc3ccccc3)nc(N3CCNCC3)n2)cc1OS(=O)[O-].[Na+].[Na+]. The van der Waals surface area contributed by atoms with E-state index in [1.165, 1.54) is 12.1 Å². The Morgan fingerprint density at radius 2 is 0.844 bits per heavy atom. The fraction of sp³-hybridized carbons (Fsp3) is 0.200. The second-order valence-electron chi connectivity index (χ2n) is 13.7. The van der Waals surface area contributed by atoms with Crippen molar-refractivity contribution in [3.05, 3.63) is 108 Å². The second kappa shape index (κ2) is 23.9. The van der Waals surface area contributed by atoms with E-state index in [-0.39, 0.29) is 82.5 Å². The van der Waals surface area contributed by atoms with Crippen LogP contribution in [-0.2, 0) is 22.7 Å². The van der Waals surface area contributed by atoms with Gasteiger partial charge in [-0.15, -0.1) is 0 Å². The molecule has 0 bridgehead atoms. The third-order valence-electron chi connectivity index (χ3n) is 9.40. The minimum absolute atomic E-state index is 0. The van der Waals surface area contributed by atoms with Gasteiger partial charge in [0.25, 0.3) is 0 Å². The first-order valence-corrected chi connectivity index (χ1v) is 21.4. The van der Waals surface area contributed by atoms with E-state index >= 15 is 0 Å². The van der Waals surface area contributed by atoms with Crippen molar-refractivity contribution < 1.29 is 85.0 Å². The standard InChI is InChI=1S/C40H42N14O6S2.2Na/c55-61(56)59-33-25-31(45-37-47-35(43-29-7-3-1-4-8-29)49-39(51-37)53-21-17-41-18-22-53)15-13-27(33)11-12-28-14-16-32(26-34(28)60-62(57)58)46-38-48-36(44-30-9-5-2-6-10-30)50-40(52-38)54-23-19-42-20-24-54;;/h1-16,25-26,41-42H,17-24H2,(H,55,56)(H,57,58)(H2,43,45,47,49,51)(H2,44,46,48,50,52);;/q;2*+1/p-2/b12-11+;;. The van der Waals surface area contributed by atoms with E-state index in [1.807, 2.05) is 70.5 Å². The van der Waals surface area contributed by atoms with Crippen molar-refractivity contribution in [2.24, 2.45) is 0 Å². The summed E-state index contributed by atoms with van der Waals surface area (Å²) in [4.78, 5) is 31.8. The molecule has 2 fully saturated rings. The maximum atomic E-state index is 11.9. The number of hydrogen-bond donors (Lipinski definition) is 6.